The molecule has 2 rings (SSSR count). The van der Waals surface area contributed by atoms with Gasteiger partial charge in [-0.15, -0.1) is 0 Å². The van der Waals surface area contributed by atoms with Gasteiger partial charge in [0.15, 0.2) is 0 Å². The summed E-state index contributed by atoms with van der Waals surface area (Å²) >= 11 is 0. The van der Waals surface area contributed by atoms with E-state index >= 15 is 0 Å². The van der Waals surface area contributed by atoms with Gasteiger partial charge in [0.05, 0.1) is 0 Å². The van der Waals surface area contributed by atoms with Crippen molar-refractivity contribution in [1.82, 2.24) is 4.90 Å². The van der Waals surface area contributed by atoms with Crippen LogP contribution in [0.25, 0.3) is 0 Å². The van der Waals surface area contributed by atoms with E-state index in [1.165, 1.54) is 0 Å². The van der Waals surface area contributed by atoms with E-state index in [1.54, 1.807) is 0 Å². The average molecular weight is 257 g/mol. The van der Waals surface area contributed by atoms with Gasteiger partial charge in [-0.1, -0.05) is 0 Å². The maximum Gasteiger partial charge on any atom is 0.397 e. The van der Waals surface area contributed by atoms with Crippen LogP contribution in [0.4, 0.5) is 22.0 Å². The molecule has 1 aliphatic carbocycles. The second-order valence-electron chi connectivity index (χ2n) is 4.76. The molecule has 1 amide bonds. The lowest BCUT2D eigenvalue weighted by atomic mass is 9.99. The monoisotopic (exact) mass is 257 g/mol. The molecular formula is C10H12F5NO. The highest BCUT2D eigenvalue weighted by molar-refractivity contribution is 5.77. The summed E-state index contributed by atoms with van der Waals surface area (Å²) in [6, 6.07) is 0. The normalized spacial score (nSPS) is 31.7. The number of fused-ring (bicyclic) bond motifs is 1. The molecular weight excluding hydrogens is 245 g/mol. The predicted octanol–water partition coefficient (Wildman–Crippen LogP) is 2.44. The number of amides is 1. The van der Waals surface area contributed by atoms with Gasteiger partial charge >= 0.3 is 6.18 Å². The number of nitrogens with zero attached hydrogens (tertiary/aromatic N) is 1. The van der Waals surface area contributed by atoms with Gasteiger partial charge in [-0.3, -0.25) is 4.79 Å². The first kappa shape index (κ1) is 12.6. The molecule has 0 aromatic rings. The van der Waals surface area contributed by atoms with E-state index in [0.29, 0.717) is 0 Å². The molecule has 1 saturated carbocycles. The Hall–Kier alpha value is -0.880. The minimum atomic E-state index is -4.57. The van der Waals surface area contributed by atoms with Crippen LogP contribution in [0.3, 0.4) is 0 Å². The first-order valence-corrected chi connectivity index (χ1v) is 5.41. The number of hydrogen-bond acceptors (Lipinski definition) is 1. The summed E-state index contributed by atoms with van der Waals surface area (Å²) in [5.41, 5.74) is 0. The summed E-state index contributed by atoms with van der Waals surface area (Å²) in [5.74, 6) is -5.23. The van der Waals surface area contributed by atoms with Crippen LogP contribution in [0.1, 0.15) is 19.3 Å². The summed E-state index contributed by atoms with van der Waals surface area (Å²) < 4.78 is 62.6. The Morgan fingerprint density at radius 1 is 1.29 bits per heavy atom. The molecule has 0 bridgehead atoms. The fraction of sp³-hybridized carbons (Fsp3) is 0.900. The van der Waals surface area contributed by atoms with Crippen molar-refractivity contribution in [2.75, 3.05) is 13.1 Å². The first-order chi connectivity index (χ1) is 7.69. The molecule has 0 radical (unpaired) electrons. The van der Waals surface area contributed by atoms with Gasteiger partial charge < -0.3 is 4.90 Å². The smallest absolute Gasteiger partial charge is 0.342 e. The van der Waals surface area contributed by atoms with Gasteiger partial charge in [-0.25, -0.2) is 8.78 Å². The Morgan fingerprint density at radius 3 is 2.47 bits per heavy atom. The summed E-state index contributed by atoms with van der Waals surface area (Å²) in [5, 5.41) is 0. The van der Waals surface area contributed by atoms with E-state index in [2.05, 4.69) is 0 Å². The first-order valence-electron chi connectivity index (χ1n) is 5.41. The molecule has 2 atom stereocenters. The third kappa shape index (κ3) is 2.52. The number of hydrogen-bond donors (Lipinski definition) is 0. The molecule has 2 fully saturated rings. The third-order valence-electron chi connectivity index (χ3n) is 3.54. The predicted molar refractivity (Wildman–Crippen MR) is 48.4 cm³/mol. The highest BCUT2D eigenvalue weighted by Crippen LogP contribution is 2.48. The van der Waals surface area contributed by atoms with Crippen LogP contribution in [0.2, 0.25) is 0 Å². The minimum Gasteiger partial charge on any atom is -0.342 e. The van der Waals surface area contributed by atoms with E-state index in [0.717, 1.165) is 4.90 Å². The van der Waals surface area contributed by atoms with Crippen molar-refractivity contribution in [3.05, 3.63) is 0 Å². The lowest BCUT2D eigenvalue weighted by molar-refractivity contribution is -0.161. The van der Waals surface area contributed by atoms with Gasteiger partial charge in [0, 0.05) is 25.4 Å². The minimum absolute atomic E-state index is 0.0369. The van der Waals surface area contributed by atoms with Gasteiger partial charge in [0.25, 0.3) is 5.92 Å². The maximum atomic E-state index is 13.3. The van der Waals surface area contributed by atoms with Crippen LogP contribution in [-0.4, -0.2) is 36.0 Å². The number of likely N-dealkylation sites (tertiary alicyclic amines) is 1. The molecule has 2 nitrogen and oxygen atoms in total. The van der Waals surface area contributed by atoms with Gasteiger partial charge in [0.2, 0.25) is 5.91 Å². The number of alkyl halides is 5. The Balaban J connectivity index is 1.97. The Kier molecular flexibility index (Phi) is 2.82. The molecule has 2 aliphatic rings. The molecule has 1 heterocycles. The van der Waals surface area contributed by atoms with Crippen LogP contribution < -0.4 is 0 Å². The fourth-order valence-corrected chi connectivity index (χ4v) is 2.69. The standard InChI is InChI=1S/C10H12F5NO/c11-9(12)2-1-6-4-16(5-7(6)9)8(17)3-10(13,14)15/h6-7H,1-5H2/t6-,7+/m0/s1. The van der Waals surface area contributed by atoms with Gasteiger partial charge in [-0.05, 0) is 12.3 Å². The van der Waals surface area contributed by atoms with Crippen molar-refractivity contribution in [2.24, 2.45) is 11.8 Å². The molecule has 1 saturated heterocycles. The van der Waals surface area contributed by atoms with Crippen LogP contribution in [-0.2, 0) is 4.79 Å². The molecule has 0 aromatic heterocycles. The zero-order chi connectivity index (χ0) is 12.8. The van der Waals surface area contributed by atoms with E-state index in [-0.39, 0.29) is 31.8 Å². The zero-order valence-electron chi connectivity index (χ0n) is 8.94. The largest absolute Gasteiger partial charge is 0.397 e. The van der Waals surface area contributed by atoms with Gasteiger partial charge in [-0.2, -0.15) is 13.2 Å². The van der Waals surface area contributed by atoms with E-state index < -0.39 is 30.3 Å². The Labute approximate surface area is 94.8 Å². The van der Waals surface area contributed by atoms with Gasteiger partial charge in [0.1, 0.15) is 6.42 Å². The second-order valence-corrected chi connectivity index (χ2v) is 4.76. The molecule has 7 heteroatoms. The maximum absolute atomic E-state index is 13.3. The van der Waals surface area contributed by atoms with Crippen molar-refractivity contribution in [2.45, 2.75) is 31.4 Å². The van der Waals surface area contributed by atoms with Crippen molar-refractivity contribution in [3.63, 3.8) is 0 Å². The summed E-state index contributed by atoms with van der Waals surface area (Å²) in [6.07, 6.45) is -6.06. The van der Waals surface area contributed by atoms with Crippen LogP contribution in [0.15, 0.2) is 0 Å². The summed E-state index contributed by atoms with van der Waals surface area (Å²) in [7, 11) is 0. The van der Waals surface area contributed by atoms with Crippen LogP contribution in [0, 0.1) is 11.8 Å². The number of halogens is 5. The summed E-state index contributed by atoms with van der Waals surface area (Å²) in [6.45, 7) is -0.207. The molecule has 17 heavy (non-hydrogen) atoms. The highest BCUT2D eigenvalue weighted by atomic mass is 19.4. The van der Waals surface area contributed by atoms with Crippen LogP contribution in [0.5, 0.6) is 0 Å². The topological polar surface area (TPSA) is 20.3 Å². The highest BCUT2D eigenvalue weighted by Gasteiger charge is 2.55. The molecule has 0 unspecified atom stereocenters. The van der Waals surface area contributed by atoms with Crippen molar-refractivity contribution < 1.29 is 26.7 Å². The van der Waals surface area contributed by atoms with E-state index in [9.17, 15) is 26.7 Å². The molecule has 0 N–H and O–H groups in total. The summed E-state index contributed by atoms with van der Waals surface area (Å²) in [4.78, 5) is 12.2. The Morgan fingerprint density at radius 2 is 1.94 bits per heavy atom. The zero-order valence-corrected chi connectivity index (χ0v) is 8.94. The van der Waals surface area contributed by atoms with Crippen molar-refractivity contribution >= 4 is 5.91 Å². The molecule has 0 aromatic carbocycles. The van der Waals surface area contributed by atoms with Crippen molar-refractivity contribution in [3.8, 4) is 0 Å². The Bertz CT molecular complexity index is 327. The van der Waals surface area contributed by atoms with Crippen molar-refractivity contribution in [1.29, 1.82) is 0 Å². The average Bonchev–Trinajstić information content (AvgIpc) is 2.65. The quantitative estimate of drug-likeness (QED) is 0.661. The second kappa shape index (κ2) is 3.81. The lowest BCUT2D eigenvalue weighted by Gasteiger charge is -2.20. The molecule has 0 spiro atoms. The fourth-order valence-electron chi connectivity index (χ4n) is 2.69. The van der Waals surface area contributed by atoms with E-state index in [1.807, 2.05) is 0 Å². The van der Waals surface area contributed by atoms with Crippen LogP contribution >= 0.6 is 0 Å². The lowest BCUT2D eigenvalue weighted by Crippen LogP contribution is -2.35. The van der Waals surface area contributed by atoms with E-state index in [4.69, 9.17) is 0 Å². The molecule has 1 aliphatic heterocycles. The number of carbonyl (C=O) groups is 1. The third-order valence-corrected chi connectivity index (χ3v) is 3.54. The SMILES string of the molecule is O=C(CC(F)(F)F)N1C[C@@H]2CCC(F)(F)[C@@H]2C1. The molecule has 98 valence electrons. The number of carbonyl (C=O) groups excluding carboxylic acids is 1. The number of rotatable bonds is 1.